The Hall–Kier alpha value is -1.65. The maximum absolute atomic E-state index is 13.0. The van der Waals surface area contributed by atoms with E-state index in [-0.39, 0.29) is 12.2 Å². The summed E-state index contributed by atoms with van der Waals surface area (Å²) in [5.74, 6) is 0.434. The molecule has 92 valence electrons. The standard InChI is InChI=1S/C12H17FN4/c1-9-5-17(12(7-13)3-4-12)6-10(9)11(14)16-8-15-2/h5,8H,2-4,6-7,14H2,1H3/b11-10+,16-8?. The van der Waals surface area contributed by atoms with Gasteiger partial charge in [0.1, 0.15) is 18.8 Å². The zero-order valence-corrected chi connectivity index (χ0v) is 9.99. The van der Waals surface area contributed by atoms with Gasteiger partial charge in [-0.25, -0.2) is 9.38 Å². The van der Waals surface area contributed by atoms with Gasteiger partial charge in [-0.3, -0.25) is 4.99 Å². The van der Waals surface area contributed by atoms with Crippen molar-refractivity contribution >= 4 is 13.1 Å². The van der Waals surface area contributed by atoms with E-state index in [1.54, 1.807) is 0 Å². The monoisotopic (exact) mass is 236 g/mol. The first-order valence-corrected chi connectivity index (χ1v) is 5.61. The second-order valence-electron chi connectivity index (χ2n) is 4.59. The number of rotatable bonds is 4. The van der Waals surface area contributed by atoms with Crippen LogP contribution in [0.5, 0.6) is 0 Å². The molecule has 2 N–H and O–H groups in total. The van der Waals surface area contributed by atoms with E-state index in [2.05, 4.69) is 16.7 Å². The maximum Gasteiger partial charge on any atom is 0.130 e. The molecule has 1 fully saturated rings. The van der Waals surface area contributed by atoms with E-state index >= 15 is 0 Å². The molecule has 5 heteroatoms. The number of alkyl halides is 1. The zero-order chi connectivity index (χ0) is 12.5. The average Bonchev–Trinajstić information content (AvgIpc) is 3.04. The van der Waals surface area contributed by atoms with Crippen molar-refractivity contribution in [2.75, 3.05) is 13.2 Å². The Balaban J connectivity index is 2.18. The van der Waals surface area contributed by atoms with Crippen LogP contribution in [-0.4, -0.2) is 36.7 Å². The number of halogens is 1. The van der Waals surface area contributed by atoms with Crippen LogP contribution in [0.1, 0.15) is 19.8 Å². The largest absolute Gasteiger partial charge is 0.383 e. The van der Waals surface area contributed by atoms with Gasteiger partial charge in [-0.05, 0) is 32.1 Å². The molecule has 1 saturated carbocycles. The van der Waals surface area contributed by atoms with Crippen LogP contribution in [0, 0.1) is 0 Å². The van der Waals surface area contributed by atoms with Crippen LogP contribution in [-0.2, 0) is 0 Å². The lowest BCUT2D eigenvalue weighted by atomic mass is 10.1. The van der Waals surface area contributed by atoms with Crippen LogP contribution in [0.3, 0.4) is 0 Å². The molecule has 17 heavy (non-hydrogen) atoms. The Morgan fingerprint density at radius 3 is 2.94 bits per heavy atom. The number of nitrogens with zero attached hydrogens (tertiary/aromatic N) is 3. The summed E-state index contributed by atoms with van der Waals surface area (Å²) in [5, 5.41) is 0. The smallest absolute Gasteiger partial charge is 0.130 e. The van der Waals surface area contributed by atoms with Gasteiger partial charge >= 0.3 is 0 Å². The number of aliphatic imine (C=N–C) groups is 2. The highest BCUT2D eigenvalue weighted by Gasteiger charge is 2.48. The van der Waals surface area contributed by atoms with Crippen molar-refractivity contribution in [2.24, 2.45) is 15.7 Å². The predicted octanol–water partition coefficient (Wildman–Crippen LogP) is 1.61. The molecule has 1 aliphatic heterocycles. The van der Waals surface area contributed by atoms with Crippen LogP contribution in [0.2, 0.25) is 0 Å². The molecule has 1 aliphatic carbocycles. The molecule has 1 heterocycles. The SMILES string of the molecule is C=NC=N/C(N)=C1\CN(C2(CF)CC2)C=C1C. The number of hydrogen-bond donors (Lipinski definition) is 1. The van der Waals surface area contributed by atoms with Crippen LogP contribution in [0.15, 0.2) is 33.2 Å². The summed E-state index contributed by atoms with van der Waals surface area (Å²) in [7, 11) is 0. The molecule has 4 nitrogen and oxygen atoms in total. The molecule has 0 atom stereocenters. The fraction of sp³-hybridized carbons (Fsp3) is 0.500. The van der Waals surface area contributed by atoms with E-state index in [1.165, 1.54) is 6.34 Å². The third kappa shape index (κ3) is 2.09. The van der Waals surface area contributed by atoms with E-state index in [0.29, 0.717) is 12.4 Å². The van der Waals surface area contributed by atoms with Crippen molar-refractivity contribution in [1.82, 2.24) is 4.90 Å². The van der Waals surface area contributed by atoms with Crippen molar-refractivity contribution in [3.63, 3.8) is 0 Å². The molecule has 0 unspecified atom stereocenters. The summed E-state index contributed by atoms with van der Waals surface area (Å²) >= 11 is 0. The molecule has 0 amide bonds. The molecule has 2 rings (SSSR count). The molecule has 0 bridgehead atoms. The maximum atomic E-state index is 13.0. The van der Waals surface area contributed by atoms with E-state index < -0.39 is 0 Å². The van der Waals surface area contributed by atoms with Crippen LogP contribution < -0.4 is 5.73 Å². The topological polar surface area (TPSA) is 54.0 Å². The molecular weight excluding hydrogens is 219 g/mol. The number of nitrogens with two attached hydrogens (primary N) is 1. The zero-order valence-electron chi connectivity index (χ0n) is 9.99. The lowest BCUT2D eigenvalue weighted by Crippen LogP contribution is -2.33. The highest BCUT2D eigenvalue weighted by molar-refractivity contribution is 5.63. The molecular formula is C12H17FN4. The van der Waals surface area contributed by atoms with Gasteiger partial charge in [0.05, 0.1) is 5.54 Å². The van der Waals surface area contributed by atoms with Crippen LogP contribution in [0.4, 0.5) is 4.39 Å². The quantitative estimate of drug-likeness (QED) is 0.595. The van der Waals surface area contributed by atoms with Crippen molar-refractivity contribution in [1.29, 1.82) is 0 Å². The summed E-state index contributed by atoms with van der Waals surface area (Å²) in [6, 6.07) is 0. The van der Waals surface area contributed by atoms with Gasteiger partial charge < -0.3 is 10.6 Å². The number of hydrogen-bond acceptors (Lipinski definition) is 3. The summed E-state index contributed by atoms with van der Waals surface area (Å²) in [6.45, 7) is 5.60. The minimum Gasteiger partial charge on any atom is -0.383 e. The van der Waals surface area contributed by atoms with Gasteiger partial charge in [0.25, 0.3) is 0 Å². The fourth-order valence-corrected chi connectivity index (χ4v) is 2.06. The Labute approximate surface area is 100 Å². The summed E-state index contributed by atoms with van der Waals surface area (Å²) in [6.07, 6.45) is 5.13. The minimum absolute atomic E-state index is 0.274. The van der Waals surface area contributed by atoms with Crippen molar-refractivity contribution in [3.05, 3.63) is 23.2 Å². The second kappa shape index (κ2) is 4.31. The molecule has 0 radical (unpaired) electrons. The van der Waals surface area contributed by atoms with Crippen molar-refractivity contribution in [3.8, 4) is 0 Å². The first-order valence-electron chi connectivity index (χ1n) is 5.61. The highest BCUT2D eigenvalue weighted by Crippen LogP contribution is 2.45. The lowest BCUT2D eigenvalue weighted by Gasteiger charge is -2.24. The van der Waals surface area contributed by atoms with Gasteiger partial charge in [0.2, 0.25) is 0 Å². The predicted molar refractivity (Wildman–Crippen MR) is 67.7 cm³/mol. The van der Waals surface area contributed by atoms with Gasteiger partial charge in [-0.1, -0.05) is 0 Å². The Morgan fingerprint density at radius 1 is 1.71 bits per heavy atom. The normalized spacial score (nSPS) is 25.1. The Morgan fingerprint density at radius 2 is 2.41 bits per heavy atom. The Bertz CT molecular complexity index is 418. The van der Waals surface area contributed by atoms with Crippen LogP contribution in [0.25, 0.3) is 0 Å². The molecule has 0 aromatic carbocycles. The van der Waals surface area contributed by atoms with Crippen molar-refractivity contribution < 1.29 is 4.39 Å². The van der Waals surface area contributed by atoms with E-state index in [9.17, 15) is 4.39 Å². The molecule has 2 aliphatic rings. The van der Waals surface area contributed by atoms with E-state index in [1.807, 2.05) is 18.0 Å². The third-order valence-corrected chi connectivity index (χ3v) is 3.43. The fourth-order valence-electron chi connectivity index (χ4n) is 2.06. The first-order chi connectivity index (χ1) is 8.13. The van der Waals surface area contributed by atoms with Crippen LogP contribution >= 0.6 is 0 Å². The third-order valence-electron chi connectivity index (χ3n) is 3.43. The first kappa shape index (κ1) is 11.8. The Kier molecular flexibility index (Phi) is 3.00. The second-order valence-corrected chi connectivity index (χ2v) is 4.59. The summed E-state index contributed by atoms with van der Waals surface area (Å²) in [4.78, 5) is 9.54. The van der Waals surface area contributed by atoms with Gasteiger partial charge in [-0.15, -0.1) is 0 Å². The van der Waals surface area contributed by atoms with Gasteiger partial charge in [0.15, 0.2) is 0 Å². The van der Waals surface area contributed by atoms with E-state index in [0.717, 1.165) is 24.0 Å². The molecule has 0 aromatic rings. The highest BCUT2D eigenvalue weighted by atomic mass is 19.1. The summed E-state index contributed by atoms with van der Waals surface area (Å²) in [5.41, 5.74) is 7.57. The summed E-state index contributed by atoms with van der Waals surface area (Å²) < 4.78 is 13.0. The van der Waals surface area contributed by atoms with Gasteiger partial charge in [0, 0.05) is 18.3 Å². The van der Waals surface area contributed by atoms with Crippen molar-refractivity contribution in [2.45, 2.75) is 25.3 Å². The molecule has 0 spiro atoms. The van der Waals surface area contributed by atoms with Gasteiger partial charge in [-0.2, -0.15) is 0 Å². The molecule has 0 saturated heterocycles. The minimum atomic E-state index is -0.304. The lowest BCUT2D eigenvalue weighted by molar-refractivity contribution is 0.228. The van der Waals surface area contributed by atoms with E-state index in [4.69, 9.17) is 5.73 Å². The molecule has 0 aromatic heterocycles. The average molecular weight is 236 g/mol.